The second kappa shape index (κ2) is 7.46. The van der Waals surface area contributed by atoms with Crippen LogP contribution in [0.5, 0.6) is 0 Å². The highest BCUT2D eigenvalue weighted by molar-refractivity contribution is 5.25. The smallest absolute Gasteiger partial charge is 0.0577 e. The summed E-state index contributed by atoms with van der Waals surface area (Å²) >= 11 is 0. The van der Waals surface area contributed by atoms with Gasteiger partial charge in [-0.2, -0.15) is 0 Å². The summed E-state index contributed by atoms with van der Waals surface area (Å²) < 4.78 is 0. The van der Waals surface area contributed by atoms with Crippen LogP contribution in [0.3, 0.4) is 0 Å². The van der Waals surface area contributed by atoms with Gasteiger partial charge in [-0.05, 0) is 106 Å². The number of hydrogen-bond donors (Lipinski definition) is 1. The van der Waals surface area contributed by atoms with Gasteiger partial charge in [0.25, 0.3) is 0 Å². The molecular formula is C27H42O. The summed E-state index contributed by atoms with van der Waals surface area (Å²) in [5, 5.41) is 10.2. The molecule has 1 N–H and O–H groups in total. The monoisotopic (exact) mass is 382 g/mol. The highest BCUT2D eigenvalue weighted by atomic mass is 16.3. The molecule has 0 aliphatic heterocycles. The van der Waals surface area contributed by atoms with E-state index < -0.39 is 0 Å². The Morgan fingerprint density at radius 3 is 2.64 bits per heavy atom. The molecule has 1 heteroatoms. The van der Waals surface area contributed by atoms with Crippen LogP contribution in [0.25, 0.3) is 0 Å². The first kappa shape index (κ1) is 20.5. The zero-order valence-corrected chi connectivity index (χ0v) is 18.9. The van der Waals surface area contributed by atoms with E-state index in [9.17, 15) is 5.11 Å². The Hall–Kier alpha value is -0.820. The summed E-state index contributed by atoms with van der Waals surface area (Å²) in [6.45, 7) is 12.0. The fraction of sp³-hybridized carbons (Fsp3) is 0.778. The number of aliphatic hydroxyl groups is 1. The van der Waals surface area contributed by atoms with E-state index in [-0.39, 0.29) is 6.10 Å². The molecule has 1 unspecified atom stereocenters. The highest BCUT2D eigenvalue weighted by Gasteiger charge is 2.58. The Balaban J connectivity index is 1.55. The molecule has 4 rings (SSSR count). The van der Waals surface area contributed by atoms with Crippen molar-refractivity contribution in [1.82, 2.24) is 0 Å². The lowest BCUT2D eigenvalue weighted by atomic mass is 9.47. The van der Waals surface area contributed by atoms with Gasteiger partial charge in [0, 0.05) is 0 Å². The molecule has 0 radical (unpaired) electrons. The van der Waals surface area contributed by atoms with Gasteiger partial charge in [-0.1, -0.05) is 56.2 Å². The summed E-state index contributed by atoms with van der Waals surface area (Å²) in [5.74, 6) is 4.15. The average Bonchev–Trinajstić information content (AvgIpc) is 2.99. The highest BCUT2D eigenvalue weighted by Crippen LogP contribution is 2.67. The van der Waals surface area contributed by atoms with E-state index in [0.717, 1.165) is 36.5 Å². The lowest BCUT2D eigenvalue weighted by Gasteiger charge is -2.58. The third-order valence-corrected chi connectivity index (χ3v) is 9.63. The number of fused-ring (bicyclic) bond motifs is 5. The largest absolute Gasteiger partial charge is 0.393 e. The molecule has 4 aliphatic rings. The van der Waals surface area contributed by atoms with Crippen LogP contribution in [0, 0.1) is 40.4 Å². The minimum absolute atomic E-state index is 0.0889. The third kappa shape index (κ3) is 3.26. The fourth-order valence-electron chi connectivity index (χ4n) is 8.10. The van der Waals surface area contributed by atoms with Crippen LogP contribution in [0.1, 0.15) is 86.0 Å². The molecule has 0 amide bonds. The van der Waals surface area contributed by atoms with E-state index in [1.807, 2.05) is 0 Å². The predicted octanol–water partition coefficient (Wildman–Crippen LogP) is 7.08. The molecule has 8 atom stereocenters. The maximum Gasteiger partial charge on any atom is 0.0577 e. The van der Waals surface area contributed by atoms with Gasteiger partial charge in [0.15, 0.2) is 0 Å². The van der Waals surface area contributed by atoms with Crippen molar-refractivity contribution in [3.8, 4) is 0 Å². The summed E-state index contributed by atoms with van der Waals surface area (Å²) in [5.41, 5.74) is 3.88. The van der Waals surface area contributed by atoms with Gasteiger partial charge in [-0.25, -0.2) is 0 Å². The van der Waals surface area contributed by atoms with Crippen molar-refractivity contribution in [2.75, 3.05) is 0 Å². The van der Waals surface area contributed by atoms with Crippen LogP contribution in [0.2, 0.25) is 0 Å². The maximum absolute atomic E-state index is 10.2. The van der Waals surface area contributed by atoms with Crippen LogP contribution in [0.15, 0.2) is 35.5 Å². The number of rotatable bonds is 3. The normalized spacial score (nSPS) is 46.4. The fourth-order valence-corrected chi connectivity index (χ4v) is 8.10. The molecule has 4 aliphatic carbocycles. The molecule has 28 heavy (non-hydrogen) atoms. The molecule has 0 aromatic rings. The van der Waals surface area contributed by atoms with Gasteiger partial charge < -0.3 is 5.11 Å². The van der Waals surface area contributed by atoms with Crippen LogP contribution in [0.4, 0.5) is 0 Å². The lowest BCUT2D eigenvalue weighted by molar-refractivity contribution is -0.0540. The first-order valence-corrected chi connectivity index (χ1v) is 11.9. The van der Waals surface area contributed by atoms with Crippen LogP contribution < -0.4 is 0 Å². The van der Waals surface area contributed by atoms with E-state index in [1.165, 1.54) is 44.1 Å². The maximum atomic E-state index is 10.2. The van der Waals surface area contributed by atoms with E-state index >= 15 is 0 Å². The topological polar surface area (TPSA) is 20.2 Å². The molecule has 0 aromatic heterocycles. The van der Waals surface area contributed by atoms with Crippen molar-refractivity contribution < 1.29 is 5.11 Å². The molecule has 0 spiro atoms. The van der Waals surface area contributed by atoms with E-state index in [2.05, 4.69) is 58.9 Å². The van der Waals surface area contributed by atoms with Gasteiger partial charge in [0.05, 0.1) is 6.10 Å². The Kier molecular flexibility index (Phi) is 5.45. The van der Waals surface area contributed by atoms with E-state index in [1.54, 1.807) is 5.57 Å². The summed E-state index contributed by atoms with van der Waals surface area (Å²) in [6.07, 6.45) is 19.6. The summed E-state index contributed by atoms with van der Waals surface area (Å²) in [4.78, 5) is 0. The van der Waals surface area contributed by atoms with Gasteiger partial charge in [-0.3, -0.25) is 0 Å². The van der Waals surface area contributed by atoms with Crippen molar-refractivity contribution in [3.05, 3.63) is 35.5 Å². The Morgan fingerprint density at radius 1 is 1.11 bits per heavy atom. The summed E-state index contributed by atoms with van der Waals surface area (Å²) in [6, 6.07) is 0. The quantitative estimate of drug-likeness (QED) is 0.408. The van der Waals surface area contributed by atoms with Crippen molar-refractivity contribution in [2.45, 2.75) is 92.1 Å². The molecule has 1 nitrogen and oxygen atoms in total. The van der Waals surface area contributed by atoms with Gasteiger partial charge in [-0.15, -0.1) is 0 Å². The van der Waals surface area contributed by atoms with Gasteiger partial charge >= 0.3 is 0 Å². The van der Waals surface area contributed by atoms with Crippen LogP contribution in [-0.4, -0.2) is 11.2 Å². The number of allylic oxidation sites excluding steroid dienone is 5. The SMILES string of the molecule is CC(C)=C/C=C\[C@@H](C)[C@H]1CC[C@H]2[C@@H]3CC=C4C[C@@H](O)CC[C@]4(C)C3CC[C@]12C. The minimum Gasteiger partial charge on any atom is -0.393 e. The number of aliphatic hydroxyl groups excluding tert-OH is 1. The minimum atomic E-state index is -0.0889. The Bertz CT molecular complexity index is 680. The standard InChI is InChI=1S/C27H42O/c1-18(2)7-6-8-19(3)23-11-12-24-22-10-9-20-17-21(28)13-15-26(20,4)25(22)14-16-27(23,24)5/h6-9,19,21-25,28H,10-17H2,1-5H3/b8-6-/t19-,21+,22+,23-,24+,25?,26+,27-/m1/s1. The first-order chi connectivity index (χ1) is 13.3. The molecule has 0 saturated heterocycles. The van der Waals surface area contributed by atoms with Gasteiger partial charge in [0.2, 0.25) is 0 Å². The molecule has 3 fully saturated rings. The molecule has 0 heterocycles. The predicted molar refractivity (Wildman–Crippen MR) is 119 cm³/mol. The van der Waals surface area contributed by atoms with Crippen molar-refractivity contribution in [2.24, 2.45) is 40.4 Å². The van der Waals surface area contributed by atoms with Crippen molar-refractivity contribution in [1.29, 1.82) is 0 Å². The average molecular weight is 383 g/mol. The van der Waals surface area contributed by atoms with Crippen molar-refractivity contribution >= 4 is 0 Å². The van der Waals surface area contributed by atoms with Crippen LogP contribution in [-0.2, 0) is 0 Å². The Morgan fingerprint density at radius 2 is 1.89 bits per heavy atom. The second-order valence-electron chi connectivity index (χ2n) is 11.4. The zero-order valence-electron chi connectivity index (χ0n) is 18.9. The molecule has 3 saturated carbocycles. The first-order valence-electron chi connectivity index (χ1n) is 11.9. The van der Waals surface area contributed by atoms with Gasteiger partial charge in [0.1, 0.15) is 0 Å². The molecular weight excluding hydrogens is 340 g/mol. The second-order valence-corrected chi connectivity index (χ2v) is 11.4. The molecule has 0 bridgehead atoms. The molecule has 156 valence electrons. The third-order valence-electron chi connectivity index (χ3n) is 9.63. The van der Waals surface area contributed by atoms with E-state index in [4.69, 9.17) is 0 Å². The number of hydrogen-bond acceptors (Lipinski definition) is 1. The summed E-state index contributed by atoms with van der Waals surface area (Å²) in [7, 11) is 0. The van der Waals surface area contributed by atoms with Crippen molar-refractivity contribution in [3.63, 3.8) is 0 Å². The van der Waals surface area contributed by atoms with Crippen LogP contribution >= 0.6 is 0 Å². The lowest BCUT2D eigenvalue weighted by Crippen LogP contribution is -2.50. The zero-order chi connectivity index (χ0) is 20.1. The van der Waals surface area contributed by atoms with E-state index in [0.29, 0.717) is 16.7 Å². The Labute approximate surface area is 173 Å². The molecule has 0 aromatic carbocycles.